The minimum Gasteiger partial charge on any atom is -0.268 e. The Morgan fingerprint density at radius 3 is 2.79 bits per heavy atom. The first kappa shape index (κ1) is 19.7. The van der Waals surface area contributed by atoms with Gasteiger partial charge in [-0.15, -0.1) is 11.3 Å². The summed E-state index contributed by atoms with van der Waals surface area (Å²) in [7, 11) is 0. The summed E-state index contributed by atoms with van der Waals surface area (Å²) in [6.45, 7) is 11.2. The first-order chi connectivity index (χ1) is 13.3. The van der Waals surface area contributed by atoms with E-state index in [1.54, 1.807) is 23.1 Å². The third-order valence-electron chi connectivity index (χ3n) is 5.81. The largest absolute Gasteiger partial charge is 0.268 e. The fourth-order valence-corrected chi connectivity index (χ4v) is 6.25. The molecule has 1 aliphatic rings. The normalized spacial score (nSPS) is 17.1. The Balaban J connectivity index is 1.93. The van der Waals surface area contributed by atoms with Gasteiger partial charge in [0.25, 0.3) is 5.56 Å². The molecule has 0 N–H and O–H groups in total. The monoisotopic (exact) mass is 412 g/mol. The average molecular weight is 413 g/mol. The van der Waals surface area contributed by atoms with Crippen molar-refractivity contribution in [1.82, 2.24) is 9.55 Å². The minimum absolute atomic E-state index is 0.0956. The summed E-state index contributed by atoms with van der Waals surface area (Å²) < 4.78 is 1.83. The van der Waals surface area contributed by atoms with Crippen molar-refractivity contribution >= 4 is 33.3 Å². The Morgan fingerprint density at radius 1 is 1.32 bits per heavy atom. The molecule has 3 nitrogen and oxygen atoms in total. The number of hydrogen-bond acceptors (Lipinski definition) is 4. The van der Waals surface area contributed by atoms with Crippen LogP contribution in [0.4, 0.5) is 0 Å². The van der Waals surface area contributed by atoms with Crippen molar-refractivity contribution in [2.75, 3.05) is 5.75 Å². The molecule has 0 saturated heterocycles. The molecule has 3 aromatic rings. The maximum atomic E-state index is 13.7. The molecule has 2 heterocycles. The smallest absolute Gasteiger partial charge is 0.267 e. The predicted octanol–water partition coefficient (Wildman–Crippen LogP) is 6.02. The van der Waals surface area contributed by atoms with Crippen LogP contribution in [0.25, 0.3) is 15.9 Å². The van der Waals surface area contributed by atoms with Gasteiger partial charge in [-0.2, -0.15) is 0 Å². The van der Waals surface area contributed by atoms with Crippen LogP contribution in [-0.4, -0.2) is 15.3 Å². The van der Waals surface area contributed by atoms with Gasteiger partial charge in [0.2, 0.25) is 0 Å². The Morgan fingerprint density at radius 2 is 2.11 bits per heavy atom. The van der Waals surface area contributed by atoms with Crippen LogP contribution in [0, 0.1) is 18.3 Å². The number of fused-ring (bicyclic) bond motifs is 3. The van der Waals surface area contributed by atoms with Gasteiger partial charge in [-0.3, -0.25) is 9.36 Å². The van der Waals surface area contributed by atoms with Crippen molar-refractivity contribution in [3.8, 4) is 5.69 Å². The summed E-state index contributed by atoms with van der Waals surface area (Å²) >= 11 is 3.38. The van der Waals surface area contributed by atoms with Crippen molar-refractivity contribution in [2.24, 2.45) is 11.3 Å². The highest BCUT2D eigenvalue weighted by atomic mass is 32.2. The lowest BCUT2D eigenvalue weighted by Gasteiger charge is -2.33. The number of hydrogen-bond donors (Lipinski definition) is 0. The molecular weight excluding hydrogens is 384 g/mol. The fraction of sp³-hybridized carbons (Fsp3) is 0.478. The molecule has 1 aromatic carbocycles. The van der Waals surface area contributed by atoms with Crippen LogP contribution in [0.15, 0.2) is 34.2 Å². The van der Waals surface area contributed by atoms with Crippen LogP contribution < -0.4 is 5.56 Å². The second-order valence-electron chi connectivity index (χ2n) is 8.80. The van der Waals surface area contributed by atoms with E-state index in [1.807, 2.05) is 16.7 Å². The molecule has 2 aromatic heterocycles. The molecule has 1 unspecified atom stereocenters. The SMILES string of the molecule is CCSc1nc2sc3c(c2c(=O)n1-c1cccc(C)c1)CCC(C(C)(C)C)C3. The molecular formula is C23H28N2OS2. The molecule has 0 spiro atoms. The van der Waals surface area contributed by atoms with Gasteiger partial charge in [-0.25, -0.2) is 4.98 Å². The van der Waals surface area contributed by atoms with E-state index in [0.717, 1.165) is 51.6 Å². The van der Waals surface area contributed by atoms with Gasteiger partial charge in [0.15, 0.2) is 5.16 Å². The Labute approximate surface area is 175 Å². The molecule has 1 aliphatic carbocycles. The fourth-order valence-electron chi connectivity index (χ4n) is 4.17. The van der Waals surface area contributed by atoms with Gasteiger partial charge >= 0.3 is 0 Å². The number of thiophene rings is 1. The second-order valence-corrected chi connectivity index (χ2v) is 11.1. The first-order valence-electron chi connectivity index (χ1n) is 10.1. The first-order valence-corrected chi connectivity index (χ1v) is 11.9. The van der Waals surface area contributed by atoms with Gasteiger partial charge in [-0.05, 0) is 66.5 Å². The quantitative estimate of drug-likeness (QED) is 0.390. The lowest BCUT2D eigenvalue weighted by molar-refractivity contribution is 0.218. The third-order valence-corrected chi connectivity index (χ3v) is 7.78. The zero-order valence-electron chi connectivity index (χ0n) is 17.3. The van der Waals surface area contributed by atoms with Gasteiger partial charge in [-0.1, -0.05) is 51.6 Å². The van der Waals surface area contributed by atoms with Gasteiger partial charge in [0, 0.05) is 4.88 Å². The molecule has 4 rings (SSSR count). The summed E-state index contributed by atoms with van der Waals surface area (Å²) in [6, 6.07) is 8.16. The van der Waals surface area contributed by atoms with Gasteiger partial charge in [0.05, 0.1) is 11.1 Å². The minimum atomic E-state index is 0.0956. The Bertz CT molecular complexity index is 1090. The highest BCUT2D eigenvalue weighted by Crippen LogP contribution is 2.42. The van der Waals surface area contributed by atoms with E-state index in [-0.39, 0.29) is 5.56 Å². The molecule has 1 atom stereocenters. The van der Waals surface area contributed by atoms with Crippen molar-refractivity contribution in [3.05, 3.63) is 50.6 Å². The molecule has 0 amide bonds. The molecule has 0 saturated carbocycles. The van der Waals surface area contributed by atoms with Crippen molar-refractivity contribution in [3.63, 3.8) is 0 Å². The second kappa shape index (κ2) is 7.34. The van der Waals surface area contributed by atoms with E-state index in [4.69, 9.17) is 4.98 Å². The van der Waals surface area contributed by atoms with Gasteiger partial charge < -0.3 is 0 Å². The number of nitrogens with zero attached hydrogens (tertiary/aromatic N) is 2. The summed E-state index contributed by atoms with van der Waals surface area (Å²) in [6.07, 6.45) is 3.21. The van der Waals surface area contributed by atoms with Crippen LogP contribution >= 0.6 is 23.1 Å². The van der Waals surface area contributed by atoms with E-state index in [1.165, 1.54) is 10.4 Å². The summed E-state index contributed by atoms with van der Waals surface area (Å²) in [5, 5.41) is 1.66. The molecule has 148 valence electrons. The summed E-state index contributed by atoms with van der Waals surface area (Å²) in [5.74, 6) is 1.55. The van der Waals surface area contributed by atoms with Crippen LogP contribution in [-0.2, 0) is 12.8 Å². The van der Waals surface area contributed by atoms with E-state index in [9.17, 15) is 4.79 Å². The number of aryl methyl sites for hydroxylation is 2. The number of thioether (sulfide) groups is 1. The number of aromatic nitrogens is 2. The van der Waals surface area contributed by atoms with E-state index in [0.29, 0.717) is 11.3 Å². The lowest BCUT2D eigenvalue weighted by atomic mass is 9.72. The highest BCUT2D eigenvalue weighted by Gasteiger charge is 2.32. The summed E-state index contributed by atoms with van der Waals surface area (Å²) in [4.78, 5) is 20.9. The van der Waals surface area contributed by atoms with Gasteiger partial charge in [0.1, 0.15) is 4.83 Å². The average Bonchev–Trinajstić information content (AvgIpc) is 2.99. The molecule has 0 fully saturated rings. The molecule has 0 aliphatic heterocycles. The maximum Gasteiger partial charge on any atom is 0.267 e. The van der Waals surface area contributed by atoms with Crippen LogP contribution in [0.1, 0.15) is 50.1 Å². The topological polar surface area (TPSA) is 34.9 Å². The van der Waals surface area contributed by atoms with Crippen LogP contribution in [0.2, 0.25) is 0 Å². The standard InChI is InChI=1S/C23H28N2OS2/c1-6-27-22-24-20-19(21(26)25(22)16-9-7-8-14(2)12-16)17-11-10-15(23(3,4)5)13-18(17)28-20/h7-9,12,15H,6,10-11,13H2,1-5H3. The number of rotatable bonds is 3. The Kier molecular flexibility index (Phi) is 5.17. The zero-order chi connectivity index (χ0) is 20.1. The Hall–Kier alpha value is -1.59. The molecule has 28 heavy (non-hydrogen) atoms. The van der Waals surface area contributed by atoms with Crippen LogP contribution in [0.3, 0.4) is 0 Å². The van der Waals surface area contributed by atoms with E-state index < -0.39 is 0 Å². The lowest BCUT2D eigenvalue weighted by Crippen LogP contribution is -2.27. The highest BCUT2D eigenvalue weighted by molar-refractivity contribution is 7.99. The van der Waals surface area contributed by atoms with Crippen LogP contribution in [0.5, 0.6) is 0 Å². The van der Waals surface area contributed by atoms with Crippen molar-refractivity contribution in [2.45, 2.75) is 59.0 Å². The maximum absolute atomic E-state index is 13.7. The summed E-state index contributed by atoms with van der Waals surface area (Å²) in [5.41, 5.74) is 3.72. The third kappa shape index (κ3) is 3.43. The molecule has 5 heteroatoms. The zero-order valence-corrected chi connectivity index (χ0v) is 19.0. The molecule has 0 bridgehead atoms. The number of benzene rings is 1. The van der Waals surface area contributed by atoms with E-state index >= 15 is 0 Å². The predicted molar refractivity (Wildman–Crippen MR) is 121 cm³/mol. The van der Waals surface area contributed by atoms with Crippen molar-refractivity contribution < 1.29 is 0 Å². The van der Waals surface area contributed by atoms with Crippen molar-refractivity contribution in [1.29, 1.82) is 0 Å². The van der Waals surface area contributed by atoms with E-state index in [2.05, 4.69) is 46.8 Å². The molecule has 0 radical (unpaired) electrons.